The highest BCUT2D eigenvalue weighted by Crippen LogP contribution is 2.34. The number of carbonyl (C=O) groups is 2. The van der Waals surface area contributed by atoms with Gasteiger partial charge in [0.05, 0.1) is 0 Å². The van der Waals surface area contributed by atoms with Crippen LogP contribution >= 0.6 is 0 Å². The van der Waals surface area contributed by atoms with E-state index in [-0.39, 0.29) is 17.7 Å². The Morgan fingerprint density at radius 3 is 2.66 bits per heavy atom. The van der Waals surface area contributed by atoms with E-state index >= 15 is 0 Å². The Labute approximate surface area is 221 Å². The molecule has 1 atom stereocenters. The van der Waals surface area contributed by atoms with Crippen LogP contribution in [0.1, 0.15) is 54.2 Å². The van der Waals surface area contributed by atoms with Crippen LogP contribution in [0.5, 0.6) is 0 Å². The molecule has 0 radical (unpaired) electrons. The van der Waals surface area contributed by atoms with E-state index < -0.39 is 0 Å². The summed E-state index contributed by atoms with van der Waals surface area (Å²) >= 11 is 0. The quantitative estimate of drug-likeness (QED) is 0.307. The number of nitrogen functional groups attached to an aromatic ring is 1. The van der Waals surface area contributed by atoms with Crippen LogP contribution in [-0.2, 0) is 4.79 Å². The van der Waals surface area contributed by atoms with E-state index in [1.54, 1.807) is 36.7 Å². The number of fused-ring (bicyclic) bond motifs is 1. The fraction of sp³-hybridized carbons (Fsp3) is 0.321. The number of nitrogens with zero attached hydrogens (tertiary/aromatic N) is 5. The molecule has 10 nitrogen and oxygen atoms in total. The average molecular weight is 513 g/mol. The Morgan fingerprint density at radius 2 is 1.89 bits per heavy atom. The topological polar surface area (TPSA) is 145 Å². The van der Waals surface area contributed by atoms with E-state index in [1.165, 1.54) is 0 Å². The third-order valence-corrected chi connectivity index (χ3v) is 6.92. The summed E-state index contributed by atoms with van der Waals surface area (Å²) in [5.41, 5.74) is 14.7. The van der Waals surface area contributed by atoms with Gasteiger partial charge in [0.2, 0.25) is 5.91 Å². The first-order chi connectivity index (χ1) is 18.5. The molecule has 10 heteroatoms. The number of piperidine rings is 1. The monoisotopic (exact) mass is 512 g/mol. The normalized spacial score (nSPS) is 15.5. The highest BCUT2D eigenvalue weighted by atomic mass is 16.2. The van der Waals surface area contributed by atoms with Crippen LogP contribution in [0.2, 0.25) is 0 Å². The summed E-state index contributed by atoms with van der Waals surface area (Å²) in [6.07, 6.45) is 9.20. The largest absolute Gasteiger partial charge is 0.382 e. The molecule has 2 amide bonds. The predicted molar refractivity (Wildman–Crippen MR) is 146 cm³/mol. The molecule has 0 saturated carbocycles. The molecule has 1 aromatic carbocycles. The van der Waals surface area contributed by atoms with Crippen molar-refractivity contribution in [1.82, 2.24) is 24.3 Å². The lowest BCUT2D eigenvalue weighted by Gasteiger charge is -2.32. The third kappa shape index (κ3) is 5.35. The second-order valence-electron chi connectivity index (χ2n) is 9.52. The van der Waals surface area contributed by atoms with Crippen molar-refractivity contribution in [1.29, 1.82) is 0 Å². The number of imidazole rings is 1. The Morgan fingerprint density at radius 1 is 1.05 bits per heavy atom. The summed E-state index contributed by atoms with van der Waals surface area (Å²) in [6.45, 7) is 1.98. The van der Waals surface area contributed by atoms with Crippen molar-refractivity contribution in [2.75, 3.05) is 30.7 Å². The van der Waals surface area contributed by atoms with E-state index in [0.29, 0.717) is 42.4 Å². The van der Waals surface area contributed by atoms with Gasteiger partial charge in [-0.15, -0.1) is 0 Å². The van der Waals surface area contributed by atoms with Crippen molar-refractivity contribution in [2.24, 2.45) is 5.73 Å². The maximum absolute atomic E-state index is 12.8. The van der Waals surface area contributed by atoms with Crippen molar-refractivity contribution in [3.8, 4) is 11.3 Å². The van der Waals surface area contributed by atoms with Gasteiger partial charge in [-0.1, -0.05) is 18.2 Å². The summed E-state index contributed by atoms with van der Waals surface area (Å²) in [5.74, 6) is 1.73. The van der Waals surface area contributed by atoms with E-state index in [9.17, 15) is 9.59 Å². The lowest BCUT2D eigenvalue weighted by Crippen LogP contribution is -2.39. The second kappa shape index (κ2) is 11.4. The highest BCUT2D eigenvalue weighted by Gasteiger charge is 2.29. The zero-order valence-electron chi connectivity index (χ0n) is 21.2. The van der Waals surface area contributed by atoms with Gasteiger partial charge in [-0.2, -0.15) is 0 Å². The number of rotatable bonds is 8. The summed E-state index contributed by atoms with van der Waals surface area (Å²) in [6, 6.07) is 12.6. The first-order valence-corrected chi connectivity index (χ1v) is 13.0. The zero-order chi connectivity index (χ0) is 26.5. The Hall–Kier alpha value is -4.31. The number of nitrogens with two attached hydrogens (primary N) is 2. The average Bonchev–Trinajstić information content (AvgIpc) is 3.35. The molecule has 5 rings (SSSR count). The summed E-state index contributed by atoms with van der Waals surface area (Å²) in [5, 5.41) is 2.79. The maximum Gasteiger partial charge on any atom is 0.256 e. The molecule has 196 valence electrons. The lowest BCUT2D eigenvalue weighted by molar-refractivity contribution is -0.132. The van der Waals surface area contributed by atoms with Gasteiger partial charge in [-0.05, 0) is 56.5 Å². The number of pyridine rings is 1. The number of nitrogens with one attached hydrogen (secondary N) is 1. The number of amides is 2. The Balaban J connectivity index is 1.40. The number of unbranched alkanes of at least 4 members (excludes halogenated alkanes) is 1. The molecule has 0 unspecified atom stereocenters. The number of aromatic nitrogens is 4. The molecule has 3 aromatic heterocycles. The van der Waals surface area contributed by atoms with E-state index in [0.717, 1.165) is 49.1 Å². The molecular formula is C28H32N8O2. The smallest absolute Gasteiger partial charge is 0.256 e. The second-order valence-corrected chi connectivity index (χ2v) is 9.52. The van der Waals surface area contributed by atoms with E-state index in [2.05, 4.69) is 15.3 Å². The molecule has 38 heavy (non-hydrogen) atoms. The summed E-state index contributed by atoms with van der Waals surface area (Å²) in [7, 11) is 0. The molecule has 0 bridgehead atoms. The van der Waals surface area contributed by atoms with Crippen LogP contribution in [-0.4, -0.2) is 55.7 Å². The van der Waals surface area contributed by atoms with Crippen LogP contribution < -0.4 is 16.8 Å². The standard InChI is InChI=1S/C28H32N8O2/c29-13-3-1-8-23(37)35-16-5-6-21(18-35)27-34-24(25-26(30)32-15-17-36(25)27)19-9-11-20(12-10-19)28(38)33-22-7-2-4-14-31-22/h2,4,7,9-12,14-15,17,21H,1,3,5-6,8,13,16,18,29H2,(H2,30,32)(H,31,33,38)/t21-/m1/s1. The fourth-order valence-electron chi connectivity index (χ4n) is 4.97. The Kier molecular flexibility index (Phi) is 7.60. The molecular weight excluding hydrogens is 480 g/mol. The molecule has 1 aliphatic heterocycles. The van der Waals surface area contributed by atoms with Crippen LogP contribution in [0.15, 0.2) is 61.1 Å². The van der Waals surface area contributed by atoms with Crippen molar-refractivity contribution in [3.63, 3.8) is 0 Å². The molecule has 4 aromatic rings. The summed E-state index contributed by atoms with van der Waals surface area (Å²) in [4.78, 5) is 40.9. The van der Waals surface area contributed by atoms with Crippen molar-refractivity contribution < 1.29 is 9.59 Å². The van der Waals surface area contributed by atoms with Crippen molar-refractivity contribution in [3.05, 3.63) is 72.4 Å². The van der Waals surface area contributed by atoms with Crippen molar-refractivity contribution in [2.45, 2.75) is 38.0 Å². The van der Waals surface area contributed by atoms with Crippen molar-refractivity contribution >= 4 is 29.0 Å². The molecule has 1 fully saturated rings. The van der Waals surface area contributed by atoms with Gasteiger partial charge in [0.1, 0.15) is 28.7 Å². The zero-order valence-corrected chi connectivity index (χ0v) is 21.2. The first-order valence-electron chi connectivity index (χ1n) is 13.0. The predicted octanol–water partition coefficient (Wildman–Crippen LogP) is 3.46. The molecule has 1 saturated heterocycles. The number of carbonyl (C=O) groups excluding carboxylic acids is 2. The minimum absolute atomic E-state index is 0.0775. The number of hydrogen-bond acceptors (Lipinski definition) is 7. The fourth-order valence-corrected chi connectivity index (χ4v) is 4.97. The molecule has 0 spiro atoms. The minimum atomic E-state index is -0.245. The third-order valence-electron chi connectivity index (χ3n) is 6.92. The minimum Gasteiger partial charge on any atom is -0.382 e. The highest BCUT2D eigenvalue weighted by molar-refractivity contribution is 6.04. The van der Waals surface area contributed by atoms with Gasteiger partial charge in [-0.25, -0.2) is 15.0 Å². The lowest BCUT2D eigenvalue weighted by atomic mass is 9.96. The van der Waals surface area contributed by atoms with Gasteiger partial charge in [-0.3, -0.25) is 14.0 Å². The SMILES string of the molecule is NCCCCC(=O)N1CCC[C@@H](c2nc(-c3ccc(C(=O)Nc4ccccn4)cc3)c3c(N)nccn23)C1. The maximum atomic E-state index is 12.8. The summed E-state index contributed by atoms with van der Waals surface area (Å²) < 4.78 is 1.99. The number of anilines is 2. The Bertz CT molecular complexity index is 1420. The number of likely N-dealkylation sites (tertiary alicyclic amines) is 1. The molecule has 4 heterocycles. The number of hydrogen-bond donors (Lipinski definition) is 3. The van der Waals surface area contributed by atoms with Crippen LogP contribution in [0.3, 0.4) is 0 Å². The van der Waals surface area contributed by atoms with Crippen LogP contribution in [0, 0.1) is 0 Å². The van der Waals surface area contributed by atoms with Crippen LogP contribution in [0.4, 0.5) is 11.6 Å². The van der Waals surface area contributed by atoms with Gasteiger partial charge in [0, 0.05) is 55.1 Å². The number of benzene rings is 1. The molecule has 1 aliphatic rings. The van der Waals surface area contributed by atoms with E-state index in [4.69, 9.17) is 16.5 Å². The van der Waals surface area contributed by atoms with Gasteiger partial charge in [0.15, 0.2) is 0 Å². The molecule has 5 N–H and O–H groups in total. The van der Waals surface area contributed by atoms with Gasteiger partial charge >= 0.3 is 0 Å². The van der Waals surface area contributed by atoms with Gasteiger partial charge in [0.25, 0.3) is 5.91 Å². The van der Waals surface area contributed by atoms with Gasteiger partial charge < -0.3 is 21.7 Å². The van der Waals surface area contributed by atoms with Crippen LogP contribution in [0.25, 0.3) is 16.8 Å². The van der Waals surface area contributed by atoms with E-state index in [1.807, 2.05) is 33.7 Å². The molecule has 0 aliphatic carbocycles. The first kappa shape index (κ1) is 25.3.